The molecule has 0 spiro atoms. The van der Waals surface area contributed by atoms with Crippen LogP contribution in [0.1, 0.15) is 85.3 Å². The molecule has 1 saturated heterocycles. The van der Waals surface area contributed by atoms with Crippen LogP contribution < -0.4 is 0 Å². The van der Waals surface area contributed by atoms with Crippen LogP contribution in [0.2, 0.25) is 0 Å². The van der Waals surface area contributed by atoms with Crippen molar-refractivity contribution in [3.63, 3.8) is 0 Å². The minimum atomic E-state index is -4.91. The molecule has 0 aromatic heterocycles. The second-order valence-corrected chi connectivity index (χ2v) is 12.0. The van der Waals surface area contributed by atoms with Crippen LogP contribution in [-0.4, -0.2) is 18.0 Å². The topological polar surface area (TPSA) is 3.24 Å². The van der Waals surface area contributed by atoms with Crippen LogP contribution in [0, 0.1) is 5.92 Å². The van der Waals surface area contributed by atoms with Crippen LogP contribution in [0.25, 0.3) is 11.1 Å². The highest BCUT2D eigenvalue weighted by atomic mass is 19.4. The van der Waals surface area contributed by atoms with Gasteiger partial charge in [-0.3, -0.25) is 4.90 Å². The summed E-state index contributed by atoms with van der Waals surface area (Å²) in [6.45, 7) is 7.17. The van der Waals surface area contributed by atoms with E-state index in [-0.39, 0.29) is 30.0 Å². The normalized spacial score (nSPS) is 17.8. The fourth-order valence-corrected chi connectivity index (χ4v) is 5.90. The SMILES string of the molecule is CC(C)CC(C)c1cc(-c2ccc(C(F)(F)F)cc2)cc(C2CCCN(Cc3cc(C(F)(F)F)cc(C(F)(F)F)c3)C2)c1. The number of hydrogen-bond acceptors (Lipinski definition) is 1. The molecule has 2 unspecified atom stereocenters. The third-order valence-electron chi connectivity index (χ3n) is 7.95. The summed E-state index contributed by atoms with van der Waals surface area (Å²) in [5, 5.41) is 0. The zero-order valence-corrected chi connectivity index (χ0v) is 24.1. The van der Waals surface area contributed by atoms with Gasteiger partial charge in [-0.15, -0.1) is 0 Å². The molecule has 1 fully saturated rings. The van der Waals surface area contributed by atoms with E-state index >= 15 is 0 Å². The fraction of sp³-hybridized carbons (Fsp3) is 0.455. The number of halogens is 9. The van der Waals surface area contributed by atoms with Gasteiger partial charge in [-0.25, -0.2) is 0 Å². The molecule has 4 rings (SSSR count). The predicted octanol–water partition coefficient (Wildman–Crippen LogP) is 10.9. The molecule has 1 heterocycles. The minimum absolute atomic E-state index is 0.0546. The van der Waals surface area contributed by atoms with Crippen LogP contribution in [0.15, 0.2) is 60.7 Å². The molecule has 0 aliphatic carbocycles. The van der Waals surface area contributed by atoms with Crippen molar-refractivity contribution < 1.29 is 39.5 Å². The smallest absolute Gasteiger partial charge is 0.298 e. The maximum atomic E-state index is 13.4. The molecule has 0 radical (unpaired) electrons. The van der Waals surface area contributed by atoms with Gasteiger partial charge in [0.05, 0.1) is 16.7 Å². The Hall–Kier alpha value is -3.01. The third kappa shape index (κ3) is 8.55. The first-order valence-corrected chi connectivity index (χ1v) is 14.2. The van der Waals surface area contributed by atoms with Crippen LogP contribution in [0.3, 0.4) is 0 Å². The minimum Gasteiger partial charge on any atom is -0.298 e. The van der Waals surface area contributed by atoms with E-state index in [1.807, 2.05) is 17.0 Å². The summed E-state index contributed by atoms with van der Waals surface area (Å²) in [6, 6.07) is 12.7. The Balaban J connectivity index is 1.65. The molecule has 1 aliphatic rings. The van der Waals surface area contributed by atoms with E-state index in [0.29, 0.717) is 31.0 Å². The van der Waals surface area contributed by atoms with Gasteiger partial charge in [0.2, 0.25) is 0 Å². The van der Waals surface area contributed by atoms with E-state index in [1.165, 1.54) is 12.1 Å². The largest absolute Gasteiger partial charge is 0.416 e. The number of nitrogens with zero attached hydrogens (tertiary/aromatic N) is 1. The monoisotopic (exact) mass is 615 g/mol. The molecular formula is C33H34F9N. The Kier molecular flexibility index (Phi) is 9.59. The zero-order valence-electron chi connectivity index (χ0n) is 24.1. The van der Waals surface area contributed by atoms with Crippen molar-refractivity contribution in [1.29, 1.82) is 0 Å². The van der Waals surface area contributed by atoms with Gasteiger partial charge in [-0.2, -0.15) is 39.5 Å². The maximum absolute atomic E-state index is 13.4. The number of benzene rings is 3. The molecular weight excluding hydrogens is 581 g/mol. The van der Waals surface area contributed by atoms with Crippen molar-refractivity contribution in [1.82, 2.24) is 4.90 Å². The number of likely N-dealkylation sites (tertiary alicyclic amines) is 1. The fourth-order valence-electron chi connectivity index (χ4n) is 5.90. The van der Waals surface area contributed by atoms with Crippen LogP contribution >= 0.6 is 0 Å². The van der Waals surface area contributed by atoms with Crippen LogP contribution in [0.5, 0.6) is 0 Å². The highest BCUT2D eigenvalue weighted by Crippen LogP contribution is 2.39. The second-order valence-electron chi connectivity index (χ2n) is 12.0. The van der Waals surface area contributed by atoms with Crippen molar-refractivity contribution in [3.8, 4) is 11.1 Å². The van der Waals surface area contributed by atoms with Crippen molar-refractivity contribution in [2.24, 2.45) is 5.92 Å². The summed E-state index contributed by atoms with van der Waals surface area (Å²) in [4.78, 5) is 1.87. The Morgan fingerprint density at radius 2 is 1.28 bits per heavy atom. The molecule has 1 aliphatic heterocycles. The van der Waals surface area contributed by atoms with E-state index < -0.39 is 35.2 Å². The first-order chi connectivity index (χ1) is 19.9. The molecule has 3 aromatic rings. The van der Waals surface area contributed by atoms with E-state index in [1.54, 1.807) is 0 Å². The molecule has 3 aromatic carbocycles. The number of alkyl halides is 9. The molecule has 10 heteroatoms. The summed E-state index contributed by atoms with van der Waals surface area (Å²) >= 11 is 0. The van der Waals surface area contributed by atoms with E-state index in [4.69, 9.17) is 0 Å². The van der Waals surface area contributed by atoms with Crippen molar-refractivity contribution >= 4 is 0 Å². The van der Waals surface area contributed by atoms with Crippen molar-refractivity contribution in [3.05, 3.63) is 94.0 Å². The molecule has 234 valence electrons. The first kappa shape index (κ1) is 32.9. The van der Waals surface area contributed by atoms with Gasteiger partial charge in [-0.1, -0.05) is 51.1 Å². The van der Waals surface area contributed by atoms with Gasteiger partial charge in [0.25, 0.3) is 0 Å². The Morgan fingerprint density at radius 1 is 0.698 bits per heavy atom. The predicted molar refractivity (Wildman–Crippen MR) is 148 cm³/mol. The molecule has 0 bridgehead atoms. The maximum Gasteiger partial charge on any atom is 0.416 e. The summed E-state index contributed by atoms with van der Waals surface area (Å²) in [5.41, 5.74) is -0.0955. The van der Waals surface area contributed by atoms with Crippen LogP contribution in [-0.2, 0) is 25.1 Å². The highest BCUT2D eigenvalue weighted by molar-refractivity contribution is 5.66. The lowest BCUT2D eigenvalue weighted by atomic mass is 9.83. The Labute approximate surface area is 245 Å². The number of rotatable bonds is 7. The lowest BCUT2D eigenvalue weighted by Crippen LogP contribution is -2.34. The molecule has 2 atom stereocenters. The molecule has 43 heavy (non-hydrogen) atoms. The first-order valence-electron chi connectivity index (χ1n) is 14.2. The summed E-state index contributed by atoms with van der Waals surface area (Å²) in [7, 11) is 0. The van der Waals surface area contributed by atoms with E-state index in [0.717, 1.165) is 53.8 Å². The Bertz CT molecular complexity index is 1350. The van der Waals surface area contributed by atoms with Gasteiger partial charge >= 0.3 is 18.5 Å². The van der Waals surface area contributed by atoms with Crippen molar-refractivity contribution in [2.45, 2.75) is 76.9 Å². The average Bonchev–Trinajstić information content (AvgIpc) is 2.91. The van der Waals surface area contributed by atoms with Crippen LogP contribution in [0.4, 0.5) is 39.5 Å². The lowest BCUT2D eigenvalue weighted by molar-refractivity contribution is -0.143. The lowest BCUT2D eigenvalue weighted by Gasteiger charge is -2.34. The summed E-state index contributed by atoms with van der Waals surface area (Å²) in [5.74, 6) is 0.521. The van der Waals surface area contributed by atoms with Gasteiger partial charge < -0.3 is 0 Å². The quantitative estimate of drug-likeness (QED) is 0.239. The zero-order chi connectivity index (χ0) is 31.7. The van der Waals surface area contributed by atoms with Crippen molar-refractivity contribution in [2.75, 3.05) is 13.1 Å². The highest BCUT2D eigenvalue weighted by Gasteiger charge is 2.37. The van der Waals surface area contributed by atoms with Gasteiger partial charge in [0, 0.05) is 13.1 Å². The molecule has 0 amide bonds. The summed E-state index contributed by atoms with van der Waals surface area (Å²) in [6.07, 6.45) is -11.9. The van der Waals surface area contributed by atoms with Gasteiger partial charge in [-0.05, 0) is 102 Å². The van der Waals surface area contributed by atoms with E-state index in [9.17, 15) is 39.5 Å². The molecule has 0 N–H and O–H groups in total. The van der Waals surface area contributed by atoms with Gasteiger partial charge in [0.1, 0.15) is 0 Å². The molecule has 0 saturated carbocycles. The average molecular weight is 616 g/mol. The third-order valence-corrected chi connectivity index (χ3v) is 7.95. The number of hydrogen-bond donors (Lipinski definition) is 0. The number of piperidine rings is 1. The standard InChI is InChI=1S/C33H34F9N/c1-20(2)11-21(3)25-14-26(23-6-8-28(9-7-23)31(34,35)36)16-27(15-25)24-5-4-10-43(19-24)18-22-12-29(32(37,38)39)17-30(13-22)33(40,41)42/h6-9,12-17,20-21,24H,4-5,10-11,18-19H2,1-3H3. The Morgan fingerprint density at radius 3 is 1.81 bits per heavy atom. The van der Waals surface area contributed by atoms with Gasteiger partial charge in [0.15, 0.2) is 0 Å². The molecule has 1 nitrogen and oxygen atoms in total. The second kappa shape index (κ2) is 12.5. The summed E-state index contributed by atoms with van der Waals surface area (Å²) < 4.78 is 120. The van der Waals surface area contributed by atoms with E-state index in [2.05, 4.69) is 26.8 Å².